The minimum absolute atomic E-state index is 0.222. The van der Waals surface area contributed by atoms with Crippen molar-refractivity contribution in [3.8, 4) is 0 Å². The minimum Gasteiger partial charge on any atom is -0.379 e. The molecule has 1 fully saturated rings. The third kappa shape index (κ3) is 2.19. The molecule has 2 nitrogen and oxygen atoms in total. The highest BCUT2D eigenvalue weighted by Gasteiger charge is 2.30. The van der Waals surface area contributed by atoms with Crippen LogP contribution in [-0.2, 0) is 10.3 Å². The van der Waals surface area contributed by atoms with Crippen LogP contribution in [0.2, 0.25) is 0 Å². The number of ether oxygens (including phenoxy) is 1. The molecular formula is C12H16FNO. The Morgan fingerprint density at radius 2 is 2.20 bits per heavy atom. The lowest BCUT2D eigenvalue weighted by Gasteiger charge is -2.33. The Hall–Kier alpha value is -0.930. The molecule has 1 atom stereocenters. The average Bonchev–Trinajstić information content (AvgIpc) is 2.17. The second kappa shape index (κ2) is 3.91. The van der Waals surface area contributed by atoms with Gasteiger partial charge < -0.3 is 10.5 Å². The molecule has 1 aromatic rings. The van der Waals surface area contributed by atoms with Gasteiger partial charge in [0, 0.05) is 6.61 Å². The summed E-state index contributed by atoms with van der Waals surface area (Å²) in [5.41, 5.74) is 7.47. The maximum Gasteiger partial charge on any atom is 0.123 e. The van der Waals surface area contributed by atoms with Crippen molar-refractivity contribution < 1.29 is 9.13 Å². The lowest BCUT2D eigenvalue weighted by atomic mass is 9.85. The third-order valence-corrected chi connectivity index (χ3v) is 2.89. The van der Waals surface area contributed by atoms with Crippen LogP contribution < -0.4 is 5.73 Å². The highest BCUT2D eigenvalue weighted by molar-refractivity contribution is 5.30. The molecule has 2 N–H and O–H groups in total. The summed E-state index contributed by atoms with van der Waals surface area (Å²) >= 11 is 0. The van der Waals surface area contributed by atoms with Gasteiger partial charge in [-0.25, -0.2) is 4.39 Å². The Balaban J connectivity index is 2.34. The number of nitrogens with two attached hydrogens (primary N) is 1. The summed E-state index contributed by atoms with van der Waals surface area (Å²) in [6, 6.07) is 4.97. The molecule has 82 valence electrons. The molecule has 0 bridgehead atoms. The van der Waals surface area contributed by atoms with Crippen LogP contribution in [0.5, 0.6) is 0 Å². The molecular weight excluding hydrogens is 193 g/mol. The van der Waals surface area contributed by atoms with Crippen LogP contribution in [0.1, 0.15) is 24.0 Å². The van der Waals surface area contributed by atoms with E-state index in [2.05, 4.69) is 0 Å². The Morgan fingerprint density at radius 3 is 2.80 bits per heavy atom. The predicted octanol–water partition coefficient (Wildman–Crippen LogP) is 2.10. The SMILES string of the molecule is Cc1cc(F)cc(C2(N)CCCOC2)c1. The molecule has 1 saturated heterocycles. The van der Waals surface area contributed by atoms with Gasteiger partial charge in [-0.2, -0.15) is 0 Å². The van der Waals surface area contributed by atoms with E-state index in [1.807, 2.05) is 13.0 Å². The maximum atomic E-state index is 13.3. The van der Waals surface area contributed by atoms with Crippen LogP contribution in [0.3, 0.4) is 0 Å². The van der Waals surface area contributed by atoms with Gasteiger partial charge in [-0.3, -0.25) is 0 Å². The fraction of sp³-hybridized carbons (Fsp3) is 0.500. The summed E-state index contributed by atoms with van der Waals surface area (Å²) in [5.74, 6) is -0.222. The molecule has 0 spiro atoms. The van der Waals surface area contributed by atoms with E-state index in [1.165, 1.54) is 12.1 Å². The van der Waals surface area contributed by atoms with Crippen molar-refractivity contribution in [2.24, 2.45) is 5.73 Å². The molecule has 2 rings (SSSR count). The first-order valence-corrected chi connectivity index (χ1v) is 5.24. The van der Waals surface area contributed by atoms with Crippen LogP contribution in [0.15, 0.2) is 18.2 Å². The maximum absolute atomic E-state index is 13.3. The van der Waals surface area contributed by atoms with Crippen molar-refractivity contribution in [2.75, 3.05) is 13.2 Å². The fourth-order valence-electron chi connectivity index (χ4n) is 2.07. The molecule has 1 aromatic carbocycles. The zero-order valence-corrected chi connectivity index (χ0v) is 8.92. The summed E-state index contributed by atoms with van der Waals surface area (Å²) in [5, 5.41) is 0. The molecule has 0 amide bonds. The van der Waals surface area contributed by atoms with E-state index in [4.69, 9.17) is 10.5 Å². The highest BCUT2D eigenvalue weighted by Crippen LogP contribution is 2.28. The van der Waals surface area contributed by atoms with Gasteiger partial charge in [0.25, 0.3) is 0 Å². The van der Waals surface area contributed by atoms with E-state index in [9.17, 15) is 4.39 Å². The predicted molar refractivity (Wildman–Crippen MR) is 57.1 cm³/mol. The Morgan fingerprint density at radius 1 is 1.40 bits per heavy atom. The van der Waals surface area contributed by atoms with E-state index >= 15 is 0 Å². The average molecular weight is 209 g/mol. The molecule has 1 aliphatic heterocycles. The minimum atomic E-state index is -0.509. The van der Waals surface area contributed by atoms with Gasteiger partial charge in [-0.1, -0.05) is 6.07 Å². The Labute approximate surface area is 89.2 Å². The van der Waals surface area contributed by atoms with Gasteiger partial charge in [0.1, 0.15) is 5.82 Å². The number of hydrogen-bond donors (Lipinski definition) is 1. The zero-order valence-electron chi connectivity index (χ0n) is 8.92. The van der Waals surface area contributed by atoms with Crippen molar-refractivity contribution >= 4 is 0 Å². The van der Waals surface area contributed by atoms with Crippen molar-refractivity contribution in [3.63, 3.8) is 0 Å². The summed E-state index contributed by atoms with van der Waals surface area (Å²) in [4.78, 5) is 0. The third-order valence-electron chi connectivity index (χ3n) is 2.89. The molecule has 0 aliphatic carbocycles. The van der Waals surface area contributed by atoms with Gasteiger partial charge >= 0.3 is 0 Å². The number of hydrogen-bond acceptors (Lipinski definition) is 2. The standard InChI is InChI=1S/C12H16FNO/c1-9-5-10(7-11(13)6-9)12(14)3-2-4-15-8-12/h5-7H,2-4,8,14H2,1H3. The van der Waals surface area contributed by atoms with Crippen LogP contribution >= 0.6 is 0 Å². The van der Waals surface area contributed by atoms with Gasteiger partial charge in [0.05, 0.1) is 12.1 Å². The van der Waals surface area contributed by atoms with E-state index in [1.54, 1.807) is 0 Å². The van der Waals surface area contributed by atoms with Crippen molar-refractivity contribution in [2.45, 2.75) is 25.3 Å². The second-order valence-electron chi connectivity index (χ2n) is 4.33. The van der Waals surface area contributed by atoms with Gasteiger partial charge in [-0.15, -0.1) is 0 Å². The number of benzene rings is 1. The second-order valence-corrected chi connectivity index (χ2v) is 4.33. The van der Waals surface area contributed by atoms with Crippen molar-refractivity contribution in [1.29, 1.82) is 0 Å². The lowest BCUT2D eigenvalue weighted by Crippen LogP contribution is -2.44. The number of halogens is 1. The lowest BCUT2D eigenvalue weighted by molar-refractivity contribution is 0.0365. The summed E-state index contributed by atoms with van der Waals surface area (Å²) < 4.78 is 18.6. The van der Waals surface area contributed by atoms with Crippen molar-refractivity contribution in [3.05, 3.63) is 35.1 Å². The molecule has 0 aromatic heterocycles. The van der Waals surface area contributed by atoms with Crippen LogP contribution in [-0.4, -0.2) is 13.2 Å². The van der Waals surface area contributed by atoms with E-state index in [-0.39, 0.29) is 5.82 Å². The molecule has 0 radical (unpaired) electrons. The fourth-order valence-corrected chi connectivity index (χ4v) is 2.07. The first-order chi connectivity index (χ1) is 7.10. The summed E-state index contributed by atoms with van der Waals surface area (Å²) in [6.07, 6.45) is 1.79. The van der Waals surface area contributed by atoms with E-state index in [0.717, 1.165) is 30.6 Å². The first kappa shape index (κ1) is 10.6. The van der Waals surface area contributed by atoms with Crippen LogP contribution in [0.4, 0.5) is 4.39 Å². The molecule has 1 aliphatic rings. The normalized spacial score (nSPS) is 26.6. The van der Waals surface area contributed by atoms with Gasteiger partial charge in [-0.05, 0) is 43.0 Å². The topological polar surface area (TPSA) is 35.2 Å². The van der Waals surface area contributed by atoms with Crippen LogP contribution in [0.25, 0.3) is 0 Å². The Bertz CT molecular complexity index is 338. The summed E-state index contributed by atoms with van der Waals surface area (Å²) in [7, 11) is 0. The van der Waals surface area contributed by atoms with Crippen molar-refractivity contribution in [1.82, 2.24) is 0 Å². The zero-order chi connectivity index (χ0) is 10.9. The smallest absolute Gasteiger partial charge is 0.123 e. The quantitative estimate of drug-likeness (QED) is 0.768. The van der Waals surface area contributed by atoms with Gasteiger partial charge in [0.2, 0.25) is 0 Å². The van der Waals surface area contributed by atoms with E-state index in [0.29, 0.717) is 6.61 Å². The molecule has 1 unspecified atom stereocenters. The molecule has 3 heteroatoms. The van der Waals surface area contributed by atoms with E-state index < -0.39 is 5.54 Å². The number of aryl methyl sites for hydroxylation is 1. The largest absolute Gasteiger partial charge is 0.379 e. The highest BCUT2D eigenvalue weighted by atomic mass is 19.1. The Kier molecular flexibility index (Phi) is 2.76. The van der Waals surface area contributed by atoms with Crippen LogP contribution in [0, 0.1) is 12.7 Å². The molecule has 15 heavy (non-hydrogen) atoms. The summed E-state index contributed by atoms with van der Waals surface area (Å²) in [6.45, 7) is 3.11. The molecule has 1 heterocycles. The van der Waals surface area contributed by atoms with Gasteiger partial charge in [0.15, 0.2) is 0 Å². The monoisotopic (exact) mass is 209 g/mol. The number of rotatable bonds is 1. The first-order valence-electron chi connectivity index (χ1n) is 5.24. The molecule has 0 saturated carbocycles.